The summed E-state index contributed by atoms with van der Waals surface area (Å²) in [6.45, 7) is 1.92. The van der Waals surface area contributed by atoms with E-state index in [1.165, 1.54) is 0 Å². The third kappa shape index (κ3) is 2.41. The highest BCUT2D eigenvalue weighted by molar-refractivity contribution is 5.41. The molecular formula is C18H24N2O2. The summed E-state index contributed by atoms with van der Waals surface area (Å²) >= 11 is 0. The van der Waals surface area contributed by atoms with Crippen LogP contribution in [-0.2, 0) is 5.60 Å². The van der Waals surface area contributed by atoms with Gasteiger partial charge in [-0.3, -0.25) is 0 Å². The predicted octanol–water partition coefficient (Wildman–Crippen LogP) is 3.48. The quantitative estimate of drug-likeness (QED) is 0.939. The molecule has 118 valence electrons. The summed E-state index contributed by atoms with van der Waals surface area (Å²) in [4.78, 5) is 6.46. The molecule has 1 atom stereocenters. The summed E-state index contributed by atoms with van der Waals surface area (Å²) in [5, 5.41) is 11.6. The lowest BCUT2D eigenvalue weighted by atomic mass is 9.80. The van der Waals surface area contributed by atoms with Crippen molar-refractivity contribution in [1.29, 1.82) is 0 Å². The molecule has 1 heterocycles. The maximum atomic E-state index is 11.6. The molecule has 1 fully saturated rings. The van der Waals surface area contributed by atoms with Gasteiger partial charge in [0.2, 0.25) is 11.8 Å². The van der Waals surface area contributed by atoms with Gasteiger partial charge in [-0.25, -0.2) is 4.98 Å². The first kappa shape index (κ1) is 15.1. The fraction of sp³-hybridized carbons (Fsp3) is 0.500. The third-order valence-electron chi connectivity index (χ3n) is 4.66. The monoisotopic (exact) mass is 300 g/mol. The van der Waals surface area contributed by atoms with E-state index in [4.69, 9.17) is 4.42 Å². The standard InChI is InChI=1S/C18H24N2O2/c1-13-16(20(2)3)22-17(19-13)18(21,15-11-7-8-12-15)14-9-5-4-6-10-14/h4-6,9-10,15,21H,7-8,11-12H2,1-3H3. The number of aryl methyl sites for hydroxylation is 1. The van der Waals surface area contributed by atoms with Crippen molar-refractivity contribution in [3.8, 4) is 0 Å². The lowest BCUT2D eigenvalue weighted by molar-refractivity contribution is -0.00553. The van der Waals surface area contributed by atoms with Crippen LogP contribution in [0.3, 0.4) is 0 Å². The average Bonchev–Trinajstić information content (AvgIpc) is 3.17. The molecular weight excluding hydrogens is 276 g/mol. The molecule has 1 N–H and O–H groups in total. The minimum absolute atomic E-state index is 0.156. The van der Waals surface area contributed by atoms with Crippen LogP contribution in [0.4, 0.5) is 5.88 Å². The largest absolute Gasteiger partial charge is 0.421 e. The first-order valence-electron chi connectivity index (χ1n) is 7.96. The summed E-state index contributed by atoms with van der Waals surface area (Å²) in [7, 11) is 3.85. The Bertz CT molecular complexity index is 630. The lowest BCUT2D eigenvalue weighted by Crippen LogP contribution is -2.35. The molecule has 1 aliphatic carbocycles. The van der Waals surface area contributed by atoms with Crippen LogP contribution in [0.1, 0.15) is 42.8 Å². The van der Waals surface area contributed by atoms with Crippen LogP contribution in [0.5, 0.6) is 0 Å². The van der Waals surface area contributed by atoms with Gasteiger partial charge in [-0.1, -0.05) is 43.2 Å². The SMILES string of the molecule is Cc1nc(C(O)(c2ccccc2)C2CCCC2)oc1N(C)C. The minimum Gasteiger partial charge on any atom is -0.421 e. The van der Waals surface area contributed by atoms with E-state index in [0.29, 0.717) is 11.8 Å². The Labute approximate surface area is 131 Å². The molecule has 0 radical (unpaired) electrons. The fourth-order valence-corrected chi connectivity index (χ4v) is 3.54. The smallest absolute Gasteiger partial charge is 0.234 e. The van der Waals surface area contributed by atoms with E-state index >= 15 is 0 Å². The number of anilines is 1. The Kier molecular flexibility index (Phi) is 3.96. The van der Waals surface area contributed by atoms with Crippen LogP contribution in [-0.4, -0.2) is 24.2 Å². The number of oxazole rings is 1. The molecule has 0 amide bonds. The molecule has 22 heavy (non-hydrogen) atoms. The molecule has 1 aromatic heterocycles. The van der Waals surface area contributed by atoms with Crippen LogP contribution in [0.2, 0.25) is 0 Å². The number of nitrogens with zero attached hydrogens (tertiary/aromatic N) is 2. The molecule has 2 aromatic rings. The highest BCUT2D eigenvalue weighted by atomic mass is 16.4. The number of hydrogen-bond donors (Lipinski definition) is 1. The normalized spacial score (nSPS) is 18.4. The van der Waals surface area contributed by atoms with Gasteiger partial charge in [0.25, 0.3) is 0 Å². The molecule has 3 rings (SSSR count). The molecule has 0 bridgehead atoms. The van der Waals surface area contributed by atoms with Crippen molar-refractivity contribution >= 4 is 5.88 Å². The fourth-order valence-electron chi connectivity index (χ4n) is 3.54. The van der Waals surface area contributed by atoms with E-state index < -0.39 is 5.60 Å². The van der Waals surface area contributed by atoms with E-state index in [-0.39, 0.29) is 5.92 Å². The Morgan fingerprint density at radius 3 is 2.36 bits per heavy atom. The first-order valence-corrected chi connectivity index (χ1v) is 7.96. The van der Waals surface area contributed by atoms with Crippen molar-refractivity contribution in [3.63, 3.8) is 0 Å². The molecule has 4 nitrogen and oxygen atoms in total. The van der Waals surface area contributed by atoms with Crippen molar-refractivity contribution in [2.45, 2.75) is 38.2 Å². The van der Waals surface area contributed by atoms with Crippen LogP contribution in [0, 0.1) is 12.8 Å². The summed E-state index contributed by atoms with van der Waals surface area (Å²) in [5.41, 5.74) is 0.539. The zero-order chi connectivity index (χ0) is 15.7. The van der Waals surface area contributed by atoms with Crippen molar-refractivity contribution < 1.29 is 9.52 Å². The highest BCUT2D eigenvalue weighted by Gasteiger charge is 2.45. The number of rotatable bonds is 4. The van der Waals surface area contributed by atoms with Crippen molar-refractivity contribution in [2.75, 3.05) is 19.0 Å². The number of aromatic nitrogens is 1. The van der Waals surface area contributed by atoms with E-state index in [1.807, 2.05) is 56.3 Å². The zero-order valence-corrected chi connectivity index (χ0v) is 13.5. The second kappa shape index (κ2) is 5.76. The Hall–Kier alpha value is -1.81. The number of benzene rings is 1. The molecule has 1 saturated carbocycles. The maximum Gasteiger partial charge on any atom is 0.234 e. The van der Waals surface area contributed by atoms with E-state index in [9.17, 15) is 5.11 Å². The van der Waals surface area contributed by atoms with Gasteiger partial charge in [-0.2, -0.15) is 0 Å². The van der Waals surface area contributed by atoms with Crippen LogP contribution in [0.25, 0.3) is 0 Å². The first-order chi connectivity index (χ1) is 10.5. The van der Waals surface area contributed by atoms with Crippen LogP contribution in [0.15, 0.2) is 34.7 Å². The second-order valence-corrected chi connectivity index (χ2v) is 6.42. The maximum absolute atomic E-state index is 11.6. The van der Waals surface area contributed by atoms with Crippen LogP contribution < -0.4 is 4.90 Å². The highest BCUT2D eigenvalue weighted by Crippen LogP contribution is 2.45. The van der Waals surface area contributed by atoms with Gasteiger partial charge in [-0.05, 0) is 25.3 Å². The Morgan fingerprint density at radius 1 is 1.18 bits per heavy atom. The minimum atomic E-state index is -1.14. The number of aliphatic hydroxyl groups is 1. The van der Waals surface area contributed by atoms with Gasteiger partial charge >= 0.3 is 0 Å². The molecule has 1 aromatic carbocycles. The van der Waals surface area contributed by atoms with E-state index in [1.54, 1.807) is 0 Å². The molecule has 1 unspecified atom stereocenters. The van der Waals surface area contributed by atoms with Crippen molar-refractivity contribution in [3.05, 3.63) is 47.5 Å². The molecule has 4 heteroatoms. The van der Waals surface area contributed by atoms with Gasteiger partial charge in [-0.15, -0.1) is 0 Å². The van der Waals surface area contributed by atoms with Gasteiger partial charge in [0.05, 0.1) is 0 Å². The van der Waals surface area contributed by atoms with E-state index in [2.05, 4.69) is 4.98 Å². The summed E-state index contributed by atoms with van der Waals surface area (Å²) < 4.78 is 5.97. The molecule has 0 saturated heterocycles. The number of hydrogen-bond acceptors (Lipinski definition) is 4. The summed E-state index contributed by atoms with van der Waals surface area (Å²) in [6.07, 6.45) is 4.31. The average molecular weight is 300 g/mol. The van der Waals surface area contributed by atoms with Gasteiger partial charge in [0, 0.05) is 20.0 Å². The van der Waals surface area contributed by atoms with Gasteiger partial charge in [0.1, 0.15) is 5.69 Å². The summed E-state index contributed by atoms with van der Waals surface area (Å²) in [6, 6.07) is 9.81. The third-order valence-corrected chi connectivity index (χ3v) is 4.66. The van der Waals surface area contributed by atoms with Gasteiger partial charge in [0.15, 0.2) is 5.60 Å². The second-order valence-electron chi connectivity index (χ2n) is 6.42. The lowest BCUT2D eigenvalue weighted by Gasteiger charge is -2.31. The van der Waals surface area contributed by atoms with Crippen molar-refractivity contribution in [2.24, 2.45) is 5.92 Å². The molecule has 1 aliphatic rings. The van der Waals surface area contributed by atoms with Crippen LogP contribution >= 0.6 is 0 Å². The summed E-state index contributed by atoms with van der Waals surface area (Å²) in [5.74, 6) is 1.29. The molecule has 0 spiro atoms. The Balaban J connectivity index is 2.11. The molecule has 0 aliphatic heterocycles. The van der Waals surface area contributed by atoms with Crippen molar-refractivity contribution in [1.82, 2.24) is 4.98 Å². The topological polar surface area (TPSA) is 49.5 Å². The van der Waals surface area contributed by atoms with E-state index in [0.717, 1.165) is 36.9 Å². The predicted molar refractivity (Wildman–Crippen MR) is 87.0 cm³/mol. The van der Waals surface area contributed by atoms with Gasteiger partial charge < -0.3 is 14.4 Å². The Morgan fingerprint density at radius 2 is 1.82 bits per heavy atom. The zero-order valence-electron chi connectivity index (χ0n) is 13.5.